The summed E-state index contributed by atoms with van der Waals surface area (Å²) in [7, 11) is 0. The summed E-state index contributed by atoms with van der Waals surface area (Å²) in [5.74, 6) is 1.97. The lowest BCUT2D eigenvalue weighted by Gasteiger charge is -2.29. The molecule has 0 spiro atoms. The minimum absolute atomic E-state index is 0.0975. The molecule has 0 bridgehead atoms. The van der Waals surface area contributed by atoms with Crippen molar-refractivity contribution < 1.29 is 5.11 Å². The third kappa shape index (κ3) is 1.34. The molecular formula is C11H18N2O. The van der Waals surface area contributed by atoms with Gasteiger partial charge in [-0.2, -0.15) is 0 Å². The summed E-state index contributed by atoms with van der Waals surface area (Å²) in [6.07, 6.45) is 6.79. The highest BCUT2D eigenvalue weighted by Crippen LogP contribution is 2.32. The van der Waals surface area contributed by atoms with Crippen molar-refractivity contribution in [2.75, 3.05) is 0 Å². The van der Waals surface area contributed by atoms with Crippen molar-refractivity contribution >= 4 is 5.84 Å². The third-order valence-corrected chi connectivity index (χ3v) is 3.92. The molecule has 14 heavy (non-hydrogen) atoms. The predicted octanol–water partition coefficient (Wildman–Crippen LogP) is 1.07. The lowest BCUT2D eigenvalue weighted by molar-refractivity contribution is 0.112. The van der Waals surface area contributed by atoms with Gasteiger partial charge in [-0.15, -0.1) is 0 Å². The molecule has 0 amide bonds. The molecule has 0 aromatic rings. The van der Waals surface area contributed by atoms with Crippen molar-refractivity contribution in [2.45, 2.75) is 56.7 Å². The van der Waals surface area contributed by atoms with E-state index in [1.54, 1.807) is 0 Å². The summed E-state index contributed by atoms with van der Waals surface area (Å²) >= 11 is 0. The van der Waals surface area contributed by atoms with Gasteiger partial charge >= 0.3 is 0 Å². The maximum Gasteiger partial charge on any atom is 0.100 e. The Morgan fingerprint density at radius 1 is 1.21 bits per heavy atom. The second kappa shape index (κ2) is 3.23. The van der Waals surface area contributed by atoms with Crippen molar-refractivity contribution in [3.05, 3.63) is 0 Å². The molecule has 3 heteroatoms. The van der Waals surface area contributed by atoms with E-state index in [1.807, 2.05) is 0 Å². The number of hydrogen-bond acceptors (Lipinski definition) is 3. The van der Waals surface area contributed by atoms with Gasteiger partial charge < -0.3 is 10.4 Å². The fourth-order valence-corrected chi connectivity index (χ4v) is 2.75. The number of hydrogen-bond donors (Lipinski definition) is 2. The van der Waals surface area contributed by atoms with Crippen LogP contribution in [0.15, 0.2) is 4.99 Å². The molecule has 3 nitrogen and oxygen atoms in total. The van der Waals surface area contributed by atoms with Crippen LogP contribution >= 0.6 is 0 Å². The van der Waals surface area contributed by atoms with Crippen molar-refractivity contribution in [1.82, 2.24) is 5.32 Å². The monoisotopic (exact) mass is 194 g/mol. The summed E-state index contributed by atoms with van der Waals surface area (Å²) in [6, 6.07) is 0.906. The van der Waals surface area contributed by atoms with Crippen LogP contribution in [0.5, 0.6) is 0 Å². The van der Waals surface area contributed by atoms with E-state index in [0.29, 0.717) is 12.1 Å². The normalized spacial score (nSPS) is 42.4. The molecule has 1 heterocycles. The predicted molar refractivity (Wildman–Crippen MR) is 55.3 cm³/mol. The summed E-state index contributed by atoms with van der Waals surface area (Å²) in [6.45, 7) is 0. The number of nitrogens with zero attached hydrogens (tertiary/aromatic N) is 1. The number of aliphatic hydroxyl groups excluding tert-OH is 1. The van der Waals surface area contributed by atoms with Crippen molar-refractivity contribution in [2.24, 2.45) is 10.9 Å². The molecule has 0 radical (unpaired) electrons. The zero-order valence-electron chi connectivity index (χ0n) is 8.45. The van der Waals surface area contributed by atoms with Gasteiger partial charge in [-0.3, -0.25) is 4.99 Å². The Labute approximate surface area is 84.6 Å². The van der Waals surface area contributed by atoms with Gasteiger partial charge in [-0.05, 0) is 32.1 Å². The molecule has 2 N–H and O–H groups in total. The molecule has 1 aliphatic heterocycles. The molecule has 2 fully saturated rings. The first-order chi connectivity index (χ1) is 6.83. The fraction of sp³-hybridized carbons (Fsp3) is 0.909. The van der Waals surface area contributed by atoms with Gasteiger partial charge in [0, 0.05) is 5.92 Å². The second-order valence-corrected chi connectivity index (χ2v) is 4.93. The Kier molecular flexibility index (Phi) is 2.01. The summed E-state index contributed by atoms with van der Waals surface area (Å²) in [4.78, 5) is 4.76. The lowest BCUT2D eigenvalue weighted by atomic mass is 9.84. The van der Waals surface area contributed by atoms with Gasteiger partial charge in [0.2, 0.25) is 0 Å². The Morgan fingerprint density at radius 3 is 2.79 bits per heavy atom. The van der Waals surface area contributed by atoms with Crippen LogP contribution in [0.4, 0.5) is 0 Å². The Bertz CT molecular complexity index is 260. The quantitative estimate of drug-likeness (QED) is 0.656. The molecule has 0 aromatic heterocycles. The molecular weight excluding hydrogens is 176 g/mol. The van der Waals surface area contributed by atoms with Crippen molar-refractivity contribution in [1.29, 1.82) is 0 Å². The van der Waals surface area contributed by atoms with Crippen LogP contribution in [-0.4, -0.2) is 29.1 Å². The van der Waals surface area contributed by atoms with E-state index >= 15 is 0 Å². The van der Waals surface area contributed by atoms with Crippen LogP contribution in [0.2, 0.25) is 0 Å². The van der Waals surface area contributed by atoms with Gasteiger partial charge in [0.25, 0.3) is 0 Å². The molecule has 3 rings (SSSR count). The maximum atomic E-state index is 9.56. The smallest absolute Gasteiger partial charge is 0.100 e. The summed E-state index contributed by atoms with van der Waals surface area (Å²) < 4.78 is 0. The van der Waals surface area contributed by atoms with Crippen molar-refractivity contribution in [3.63, 3.8) is 0 Å². The van der Waals surface area contributed by atoms with Gasteiger partial charge in [0.05, 0.1) is 18.2 Å². The first-order valence-corrected chi connectivity index (χ1v) is 5.85. The van der Waals surface area contributed by atoms with E-state index in [0.717, 1.165) is 25.2 Å². The van der Waals surface area contributed by atoms with E-state index in [4.69, 9.17) is 4.99 Å². The van der Waals surface area contributed by atoms with Crippen LogP contribution in [0.25, 0.3) is 0 Å². The van der Waals surface area contributed by atoms with E-state index in [1.165, 1.54) is 25.1 Å². The summed E-state index contributed by atoms with van der Waals surface area (Å²) in [5, 5.41) is 13.1. The lowest BCUT2D eigenvalue weighted by Crippen LogP contribution is -2.43. The first-order valence-electron chi connectivity index (χ1n) is 5.85. The van der Waals surface area contributed by atoms with Gasteiger partial charge in [0.15, 0.2) is 0 Å². The number of nitrogens with one attached hydrogen (secondary N) is 1. The Hall–Kier alpha value is -0.570. The molecule has 0 aromatic carbocycles. The van der Waals surface area contributed by atoms with Crippen LogP contribution in [0.1, 0.15) is 38.5 Å². The largest absolute Gasteiger partial charge is 0.393 e. The Balaban J connectivity index is 1.68. The van der Waals surface area contributed by atoms with Crippen LogP contribution in [0, 0.1) is 5.92 Å². The topological polar surface area (TPSA) is 44.6 Å². The highest BCUT2D eigenvalue weighted by atomic mass is 16.3. The second-order valence-electron chi connectivity index (χ2n) is 4.93. The standard InChI is InChI=1S/C11H18N2O/c14-8-4-5-9-10(6-8)13-11(12-9)7-2-1-3-7/h7-10,14H,1-6H2,(H,12,13). The van der Waals surface area contributed by atoms with Gasteiger partial charge in [-0.25, -0.2) is 0 Å². The van der Waals surface area contributed by atoms with Crippen LogP contribution < -0.4 is 5.32 Å². The van der Waals surface area contributed by atoms with Crippen LogP contribution in [0.3, 0.4) is 0 Å². The number of amidine groups is 1. The van der Waals surface area contributed by atoms with Crippen LogP contribution in [-0.2, 0) is 0 Å². The van der Waals surface area contributed by atoms with Gasteiger partial charge in [0.1, 0.15) is 5.84 Å². The molecule has 2 aliphatic carbocycles. The number of aliphatic hydroxyl groups is 1. The number of rotatable bonds is 1. The van der Waals surface area contributed by atoms with E-state index in [9.17, 15) is 5.11 Å². The molecule has 3 unspecified atom stereocenters. The Morgan fingerprint density at radius 2 is 2.07 bits per heavy atom. The molecule has 0 saturated heterocycles. The zero-order valence-corrected chi connectivity index (χ0v) is 8.45. The molecule has 3 aliphatic rings. The van der Waals surface area contributed by atoms with E-state index in [-0.39, 0.29) is 6.10 Å². The summed E-state index contributed by atoms with van der Waals surface area (Å²) in [5.41, 5.74) is 0. The average molecular weight is 194 g/mol. The average Bonchev–Trinajstić information content (AvgIpc) is 2.43. The maximum absolute atomic E-state index is 9.56. The number of aliphatic imine (C=N–C) groups is 1. The number of fused-ring (bicyclic) bond motifs is 1. The highest BCUT2D eigenvalue weighted by Gasteiger charge is 2.37. The SMILES string of the molecule is OC1CCC2N=C(C3CCC3)NC2C1. The van der Waals surface area contributed by atoms with E-state index < -0.39 is 0 Å². The first kappa shape index (κ1) is 8.72. The molecule has 3 atom stereocenters. The molecule has 78 valence electrons. The minimum Gasteiger partial charge on any atom is -0.393 e. The highest BCUT2D eigenvalue weighted by molar-refractivity contribution is 5.87. The molecule has 2 saturated carbocycles. The minimum atomic E-state index is -0.0975. The fourth-order valence-electron chi connectivity index (χ4n) is 2.75. The van der Waals surface area contributed by atoms with E-state index in [2.05, 4.69) is 5.32 Å². The van der Waals surface area contributed by atoms with Crippen molar-refractivity contribution in [3.8, 4) is 0 Å². The van der Waals surface area contributed by atoms with Gasteiger partial charge in [-0.1, -0.05) is 6.42 Å². The zero-order chi connectivity index (χ0) is 9.54. The third-order valence-electron chi connectivity index (χ3n) is 3.92.